The fourth-order valence-electron chi connectivity index (χ4n) is 3.06. The predicted molar refractivity (Wildman–Crippen MR) is 76.8 cm³/mol. The van der Waals surface area contributed by atoms with Crippen molar-refractivity contribution in [3.63, 3.8) is 0 Å². The number of hydrogen-bond acceptors (Lipinski definition) is 1. The van der Waals surface area contributed by atoms with Crippen LogP contribution in [0.2, 0.25) is 0 Å². The van der Waals surface area contributed by atoms with E-state index in [1.165, 1.54) is 56.9 Å². The van der Waals surface area contributed by atoms with E-state index < -0.39 is 0 Å². The van der Waals surface area contributed by atoms with E-state index in [2.05, 4.69) is 30.3 Å². The Morgan fingerprint density at radius 2 is 1.78 bits per heavy atom. The van der Waals surface area contributed by atoms with E-state index in [1.54, 1.807) is 0 Å². The molecular formula is C17H26O. The van der Waals surface area contributed by atoms with E-state index in [0.29, 0.717) is 6.10 Å². The molecule has 100 valence electrons. The topological polar surface area (TPSA) is 9.23 Å². The van der Waals surface area contributed by atoms with Gasteiger partial charge in [-0.2, -0.15) is 0 Å². The molecule has 1 heteroatoms. The van der Waals surface area contributed by atoms with Gasteiger partial charge in [-0.1, -0.05) is 49.6 Å². The molecule has 1 aromatic rings. The molecule has 2 atom stereocenters. The summed E-state index contributed by atoms with van der Waals surface area (Å²) in [6, 6.07) is 10.9. The summed E-state index contributed by atoms with van der Waals surface area (Å²) in [7, 11) is 1.87. The maximum atomic E-state index is 5.54. The van der Waals surface area contributed by atoms with Gasteiger partial charge in [0.15, 0.2) is 0 Å². The lowest BCUT2D eigenvalue weighted by Crippen LogP contribution is -2.16. The van der Waals surface area contributed by atoms with Crippen molar-refractivity contribution >= 4 is 0 Å². The lowest BCUT2D eigenvalue weighted by atomic mass is 9.86. The minimum atomic E-state index is 0.518. The van der Waals surface area contributed by atoms with Gasteiger partial charge < -0.3 is 4.74 Å². The molecule has 0 bridgehead atoms. The second-order valence-corrected chi connectivity index (χ2v) is 5.61. The molecule has 1 aliphatic rings. The van der Waals surface area contributed by atoms with Crippen LogP contribution in [0.5, 0.6) is 0 Å². The summed E-state index contributed by atoms with van der Waals surface area (Å²) in [5.74, 6) is 0.906. The summed E-state index contributed by atoms with van der Waals surface area (Å²) in [5, 5.41) is 0. The van der Waals surface area contributed by atoms with Crippen LogP contribution in [0.1, 0.15) is 50.5 Å². The maximum absolute atomic E-state index is 5.54. The summed E-state index contributed by atoms with van der Waals surface area (Å²) >= 11 is 0. The van der Waals surface area contributed by atoms with Gasteiger partial charge in [-0.05, 0) is 43.6 Å². The Bertz CT molecular complexity index is 320. The van der Waals surface area contributed by atoms with E-state index in [9.17, 15) is 0 Å². The van der Waals surface area contributed by atoms with Crippen molar-refractivity contribution < 1.29 is 4.74 Å². The molecule has 1 aliphatic carbocycles. The first kappa shape index (κ1) is 13.6. The van der Waals surface area contributed by atoms with Gasteiger partial charge in [0.25, 0.3) is 0 Å². The maximum Gasteiger partial charge on any atom is 0.0571 e. The van der Waals surface area contributed by atoms with Crippen molar-refractivity contribution in [2.45, 2.75) is 57.5 Å². The number of benzene rings is 1. The van der Waals surface area contributed by atoms with Gasteiger partial charge in [0.05, 0.1) is 6.10 Å². The van der Waals surface area contributed by atoms with Gasteiger partial charge in [-0.15, -0.1) is 0 Å². The Labute approximate surface area is 112 Å². The molecule has 0 saturated heterocycles. The SMILES string of the molecule is COC1CCCCC(CCc2ccccc2)CC1. The van der Waals surface area contributed by atoms with Crippen LogP contribution in [0.3, 0.4) is 0 Å². The number of ether oxygens (including phenoxy) is 1. The molecule has 1 aromatic carbocycles. The summed E-state index contributed by atoms with van der Waals surface area (Å²) in [4.78, 5) is 0. The van der Waals surface area contributed by atoms with Gasteiger partial charge in [-0.25, -0.2) is 0 Å². The number of methoxy groups -OCH3 is 1. The molecule has 2 unspecified atom stereocenters. The third-order valence-corrected chi connectivity index (χ3v) is 4.30. The smallest absolute Gasteiger partial charge is 0.0571 e. The van der Waals surface area contributed by atoms with Crippen LogP contribution < -0.4 is 0 Å². The Kier molecular flexibility index (Phi) is 5.73. The second-order valence-electron chi connectivity index (χ2n) is 5.61. The van der Waals surface area contributed by atoms with Gasteiger partial charge in [0, 0.05) is 7.11 Å². The zero-order chi connectivity index (χ0) is 12.6. The molecule has 0 radical (unpaired) electrons. The Balaban J connectivity index is 1.77. The summed E-state index contributed by atoms with van der Waals surface area (Å²) in [5.41, 5.74) is 1.49. The molecule has 0 N–H and O–H groups in total. The normalized spacial score (nSPS) is 25.4. The van der Waals surface area contributed by atoms with Crippen molar-refractivity contribution in [1.29, 1.82) is 0 Å². The van der Waals surface area contributed by atoms with Gasteiger partial charge in [-0.3, -0.25) is 0 Å². The van der Waals surface area contributed by atoms with Crippen LogP contribution in [-0.2, 0) is 11.2 Å². The quantitative estimate of drug-likeness (QED) is 0.754. The fourth-order valence-corrected chi connectivity index (χ4v) is 3.06. The van der Waals surface area contributed by atoms with Crippen LogP contribution in [0.4, 0.5) is 0 Å². The van der Waals surface area contributed by atoms with Crippen LogP contribution in [0.25, 0.3) is 0 Å². The molecule has 0 amide bonds. The molecule has 0 heterocycles. The summed E-state index contributed by atoms with van der Waals surface area (Å²) in [6.07, 6.45) is 11.1. The molecule has 0 aromatic heterocycles. The first-order valence-corrected chi connectivity index (χ1v) is 7.45. The Morgan fingerprint density at radius 1 is 1.00 bits per heavy atom. The van der Waals surface area contributed by atoms with Crippen LogP contribution in [-0.4, -0.2) is 13.2 Å². The lowest BCUT2D eigenvalue weighted by molar-refractivity contribution is 0.0726. The predicted octanol–water partition coefficient (Wildman–Crippen LogP) is 4.60. The highest BCUT2D eigenvalue weighted by molar-refractivity contribution is 5.14. The molecule has 0 aliphatic heterocycles. The van der Waals surface area contributed by atoms with E-state index in [0.717, 1.165) is 5.92 Å². The van der Waals surface area contributed by atoms with E-state index >= 15 is 0 Å². The standard InChI is InChI=1S/C17H26O/c1-18-17-10-6-5-9-16(13-14-17)12-11-15-7-3-2-4-8-15/h2-4,7-8,16-17H,5-6,9-14H2,1H3. The first-order chi connectivity index (χ1) is 8.88. The van der Waals surface area contributed by atoms with Gasteiger partial charge in [0.2, 0.25) is 0 Å². The highest BCUT2D eigenvalue weighted by atomic mass is 16.5. The molecule has 2 rings (SSSR count). The minimum absolute atomic E-state index is 0.518. The number of aryl methyl sites for hydroxylation is 1. The van der Waals surface area contributed by atoms with Crippen molar-refractivity contribution in [3.05, 3.63) is 35.9 Å². The summed E-state index contributed by atoms with van der Waals surface area (Å²) in [6.45, 7) is 0. The van der Waals surface area contributed by atoms with Crippen molar-refractivity contribution in [2.24, 2.45) is 5.92 Å². The highest BCUT2D eigenvalue weighted by Gasteiger charge is 2.16. The summed E-state index contributed by atoms with van der Waals surface area (Å²) < 4.78 is 5.54. The van der Waals surface area contributed by atoms with E-state index in [1.807, 2.05) is 7.11 Å². The largest absolute Gasteiger partial charge is 0.381 e. The number of rotatable bonds is 4. The minimum Gasteiger partial charge on any atom is -0.381 e. The number of hydrogen-bond donors (Lipinski definition) is 0. The molecule has 1 fully saturated rings. The molecule has 1 nitrogen and oxygen atoms in total. The Morgan fingerprint density at radius 3 is 2.56 bits per heavy atom. The van der Waals surface area contributed by atoms with Gasteiger partial charge >= 0.3 is 0 Å². The van der Waals surface area contributed by atoms with Crippen LogP contribution in [0, 0.1) is 5.92 Å². The molecular weight excluding hydrogens is 220 g/mol. The lowest BCUT2D eigenvalue weighted by Gasteiger charge is -2.24. The fraction of sp³-hybridized carbons (Fsp3) is 0.647. The third-order valence-electron chi connectivity index (χ3n) is 4.30. The van der Waals surface area contributed by atoms with Crippen LogP contribution >= 0.6 is 0 Å². The average Bonchev–Trinajstić information content (AvgIpc) is 2.39. The monoisotopic (exact) mass is 246 g/mol. The van der Waals surface area contributed by atoms with Crippen molar-refractivity contribution in [2.75, 3.05) is 7.11 Å². The van der Waals surface area contributed by atoms with Crippen molar-refractivity contribution in [1.82, 2.24) is 0 Å². The average molecular weight is 246 g/mol. The first-order valence-electron chi connectivity index (χ1n) is 7.45. The van der Waals surface area contributed by atoms with Crippen LogP contribution in [0.15, 0.2) is 30.3 Å². The molecule has 18 heavy (non-hydrogen) atoms. The highest BCUT2D eigenvalue weighted by Crippen LogP contribution is 2.27. The zero-order valence-corrected chi connectivity index (χ0v) is 11.6. The Hall–Kier alpha value is -0.820. The van der Waals surface area contributed by atoms with E-state index in [4.69, 9.17) is 4.74 Å². The second kappa shape index (κ2) is 7.58. The molecule has 1 saturated carbocycles. The van der Waals surface area contributed by atoms with E-state index in [-0.39, 0.29) is 0 Å². The van der Waals surface area contributed by atoms with Gasteiger partial charge in [0.1, 0.15) is 0 Å². The molecule has 0 spiro atoms. The van der Waals surface area contributed by atoms with Crippen molar-refractivity contribution in [3.8, 4) is 0 Å². The zero-order valence-electron chi connectivity index (χ0n) is 11.6. The third kappa shape index (κ3) is 4.45.